The van der Waals surface area contributed by atoms with Crippen LogP contribution in [0.15, 0.2) is 47.5 Å². The monoisotopic (exact) mass is 459 g/mol. The number of alkyl halides is 2. The highest BCUT2D eigenvalue weighted by Crippen LogP contribution is 2.32. The molecule has 1 aromatic heterocycles. The molecule has 1 aliphatic rings. The fourth-order valence-electron chi connectivity index (χ4n) is 3.11. The van der Waals surface area contributed by atoms with Gasteiger partial charge in [0.1, 0.15) is 6.04 Å². The highest BCUT2D eigenvalue weighted by Gasteiger charge is 2.45. The molecular weight excluding hydrogens is 440 g/mol. The molecule has 11 heteroatoms. The number of carbonyl (C=O) groups excluding carboxylic acids is 1. The Labute approximate surface area is 178 Å². The highest BCUT2D eigenvalue weighted by atomic mass is 35.5. The molecule has 1 N–H and O–H groups in total. The number of ether oxygens (including phenoxy) is 1. The molecule has 162 valence electrons. The van der Waals surface area contributed by atoms with Crippen LogP contribution in [0.5, 0.6) is 5.88 Å². The van der Waals surface area contributed by atoms with Gasteiger partial charge in [0.05, 0.1) is 12.0 Å². The van der Waals surface area contributed by atoms with E-state index in [0.29, 0.717) is 16.5 Å². The van der Waals surface area contributed by atoms with Crippen LogP contribution < -0.4 is 10.1 Å². The molecule has 1 unspecified atom stereocenters. The maximum absolute atomic E-state index is 14.3. The number of pyridine rings is 1. The molecule has 1 amide bonds. The molecule has 2 heterocycles. The van der Waals surface area contributed by atoms with E-state index in [0.717, 1.165) is 4.31 Å². The van der Waals surface area contributed by atoms with Gasteiger partial charge in [-0.05, 0) is 29.8 Å². The van der Waals surface area contributed by atoms with Gasteiger partial charge in [0, 0.05) is 43.2 Å². The zero-order valence-corrected chi connectivity index (χ0v) is 17.6. The second kappa shape index (κ2) is 8.83. The SMILES string of the molecule is COc1ccc(CN(C2CC(F)(F)CCNC2=O)S(=O)(=O)c2ccc(Cl)cc2)cn1. The first-order chi connectivity index (χ1) is 14.1. The van der Waals surface area contributed by atoms with E-state index >= 15 is 0 Å². The predicted octanol–water partition coefficient (Wildman–Crippen LogP) is 2.85. The maximum atomic E-state index is 14.3. The highest BCUT2D eigenvalue weighted by molar-refractivity contribution is 7.89. The lowest BCUT2D eigenvalue weighted by molar-refractivity contribution is -0.126. The third-order valence-corrected chi connectivity index (χ3v) is 6.82. The van der Waals surface area contributed by atoms with Crippen LogP contribution in [0.4, 0.5) is 8.78 Å². The minimum Gasteiger partial charge on any atom is -0.481 e. The van der Waals surface area contributed by atoms with Crippen LogP contribution in [0.25, 0.3) is 0 Å². The van der Waals surface area contributed by atoms with Crippen LogP contribution in [0.3, 0.4) is 0 Å². The maximum Gasteiger partial charge on any atom is 0.251 e. The Kier molecular flexibility index (Phi) is 6.59. The lowest BCUT2D eigenvalue weighted by atomic mass is 10.1. The Morgan fingerprint density at radius 1 is 1.27 bits per heavy atom. The van der Waals surface area contributed by atoms with Crippen molar-refractivity contribution in [1.82, 2.24) is 14.6 Å². The predicted molar refractivity (Wildman–Crippen MR) is 106 cm³/mol. The largest absolute Gasteiger partial charge is 0.481 e. The second-order valence-corrected chi connectivity index (χ2v) is 9.16. The summed E-state index contributed by atoms with van der Waals surface area (Å²) in [7, 11) is -2.88. The van der Waals surface area contributed by atoms with Crippen LogP contribution in [-0.2, 0) is 21.4 Å². The average molecular weight is 460 g/mol. The number of aromatic nitrogens is 1. The van der Waals surface area contributed by atoms with Crippen molar-refractivity contribution in [1.29, 1.82) is 0 Å². The van der Waals surface area contributed by atoms with Crippen molar-refractivity contribution >= 4 is 27.5 Å². The van der Waals surface area contributed by atoms with Crippen molar-refractivity contribution in [3.8, 4) is 5.88 Å². The van der Waals surface area contributed by atoms with Gasteiger partial charge in [-0.2, -0.15) is 4.31 Å². The molecule has 1 aromatic carbocycles. The van der Waals surface area contributed by atoms with Gasteiger partial charge in [0.2, 0.25) is 21.8 Å². The van der Waals surface area contributed by atoms with Gasteiger partial charge in [-0.15, -0.1) is 0 Å². The number of amides is 1. The number of nitrogens with zero attached hydrogens (tertiary/aromatic N) is 2. The first kappa shape index (κ1) is 22.4. The van der Waals surface area contributed by atoms with Gasteiger partial charge in [-0.1, -0.05) is 17.7 Å². The Morgan fingerprint density at radius 2 is 1.97 bits per heavy atom. The molecule has 1 saturated heterocycles. The summed E-state index contributed by atoms with van der Waals surface area (Å²) in [6.45, 7) is -0.558. The fourth-order valence-corrected chi connectivity index (χ4v) is 4.81. The van der Waals surface area contributed by atoms with E-state index < -0.39 is 40.7 Å². The molecule has 1 atom stereocenters. The van der Waals surface area contributed by atoms with Crippen molar-refractivity contribution in [3.05, 3.63) is 53.2 Å². The smallest absolute Gasteiger partial charge is 0.251 e. The van der Waals surface area contributed by atoms with Crippen LogP contribution in [0.1, 0.15) is 18.4 Å². The van der Waals surface area contributed by atoms with Crippen molar-refractivity contribution < 1.29 is 26.7 Å². The zero-order chi connectivity index (χ0) is 21.9. The van der Waals surface area contributed by atoms with Gasteiger partial charge < -0.3 is 10.1 Å². The van der Waals surface area contributed by atoms with E-state index in [1.54, 1.807) is 6.07 Å². The molecular formula is C19H20ClF2N3O4S. The molecule has 1 aliphatic heterocycles. The van der Waals surface area contributed by atoms with E-state index in [2.05, 4.69) is 10.3 Å². The summed E-state index contributed by atoms with van der Waals surface area (Å²) < 4.78 is 61.0. The number of methoxy groups -OCH3 is 1. The molecule has 30 heavy (non-hydrogen) atoms. The second-order valence-electron chi connectivity index (χ2n) is 6.83. The van der Waals surface area contributed by atoms with Crippen LogP contribution >= 0.6 is 11.6 Å². The van der Waals surface area contributed by atoms with E-state index in [1.807, 2.05) is 0 Å². The molecule has 7 nitrogen and oxygen atoms in total. The van der Waals surface area contributed by atoms with Gasteiger partial charge >= 0.3 is 0 Å². The Hall–Kier alpha value is -2.30. The van der Waals surface area contributed by atoms with Crippen molar-refractivity contribution in [3.63, 3.8) is 0 Å². The molecule has 3 rings (SSSR count). The first-order valence-electron chi connectivity index (χ1n) is 9.04. The van der Waals surface area contributed by atoms with E-state index in [1.165, 1.54) is 43.6 Å². The number of carbonyl (C=O) groups is 1. The summed E-state index contributed by atoms with van der Waals surface area (Å²) in [5.41, 5.74) is 0.411. The Balaban J connectivity index is 2.04. The Bertz CT molecular complexity index is 1000. The molecule has 0 spiro atoms. The summed E-state index contributed by atoms with van der Waals surface area (Å²) in [6, 6.07) is 6.78. The third kappa shape index (κ3) is 5.05. The number of benzene rings is 1. The van der Waals surface area contributed by atoms with Crippen LogP contribution in [0, 0.1) is 0 Å². The lowest BCUT2D eigenvalue weighted by Gasteiger charge is -2.30. The van der Waals surface area contributed by atoms with Crippen molar-refractivity contribution in [2.24, 2.45) is 0 Å². The standard InChI is InChI=1S/C19H20ClF2N3O4S/c1-29-17-7-2-13(11-24-17)12-25(16-10-19(21,22)8-9-23-18(16)26)30(27,28)15-5-3-14(20)4-6-15/h2-7,11,16H,8-10,12H2,1H3,(H,23,26). The molecule has 2 aromatic rings. The number of sulfonamides is 1. The quantitative estimate of drug-likeness (QED) is 0.717. The summed E-state index contributed by atoms with van der Waals surface area (Å²) in [5.74, 6) is -3.66. The summed E-state index contributed by atoms with van der Waals surface area (Å²) >= 11 is 5.84. The Morgan fingerprint density at radius 3 is 2.57 bits per heavy atom. The molecule has 1 fully saturated rings. The molecule has 0 aliphatic carbocycles. The average Bonchev–Trinajstić information content (AvgIpc) is 2.84. The van der Waals surface area contributed by atoms with Crippen molar-refractivity contribution in [2.45, 2.75) is 36.2 Å². The van der Waals surface area contributed by atoms with Gasteiger partial charge in [0.25, 0.3) is 5.92 Å². The van der Waals surface area contributed by atoms with E-state index in [4.69, 9.17) is 16.3 Å². The first-order valence-corrected chi connectivity index (χ1v) is 10.9. The number of halogens is 3. The minimum absolute atomic E-state index is 0.159. The summed E-state index contributed by atoms with van der Waals surface area (Å²) in [6.07, 6.45) is -0.112. The van der Waals surface area contributed by atoms with Crippen LogP contribution in [0.2, 0.25) is 5.02 Å². The topological polar surface area (TPSA) is 88.6 Å². The lowest BCUT2D eigenvalue weighted by Crippen LogP contribution is -2.49. The zero-order valence-electron chi connectivity index (χ0n) is 16.0. The number of hydrogen-bond acceptors (Lipinski definition) is 5. The normalized spacial score (nSPS) is 19.2. The molecule has 0 saturated carbocycles. The fraction of sp³-hybridized carbons (Fsp3) is 0.368. The van der Waals surface area contributed by atoms with Gasteiger partial charge in [-0.25, -0.2) is 22.2 Å². The van der Waals surface area contributed by atoms with Crippen LogP contribution in [-0.4, -0.2) is 49.2 Å². The van der Waals surface area contributed by atoms with E-state index in [9.17, 15) is 22.0 Å². The van der Waals surface area contributed by atoms with Crippen molar-refractivity contribution in [2.75, 3.05) is 13.7 Å². The van der Waals surface area contributed by atoms with Gasteiger partial charge in [0.15, 0.2) is 0 Å². The summed E-state index contributed by atoms with van der Waals surface area (Å²) in [4.78, 5) is 16.4. The number of rotatable bonds is 6. The summed E-state index contributed by atoms with van der Waals surface area (Å²) in [5, 5.41) is 2.70. The number of hydrogen-bond donors (Lipinski definition) is 1. The number of nitrogens with one attached hydrogen (secondary N) is 1. The van der Waals surface area contributed by atoms with E-state index in [-0.39, 0.29) is 18.0 Å². The minimum atomic E-state index is -4.31. The third-order valence-electron chi connectivity index (χ3n) is 4.70. The molecule has 0 bridgehead atoms. The van der Waals surface area contributed by atoms with Gasteiger partial charge in [-0.3, -0.25) is 4.79 Å². The molecule has 0 radical (unpaired) electrons.